The van der Waals surface area contributed by atoms with Crippen molar-refractivity contribution in [3.05, 3.63) is 52.5 Å². The Morgan fingerprint density at radius 2 is 1.95 bits per heavy atom. The van der Waals surface area contributed by atoms with Gasteiger partial charge in [0.1, 0.15) is 4.88 Å². The summed E-state index contributed by atoms with van der Waals surface area (Å²) in [6.07, 6.45) is 6.69. The van der Waals surface area contributed by atoms with Crippen molar-refractivity contribution >= 4 is 40.1 Å². The molecule has 3 heterocycles. The van der Waals surface area contributed by atoms with Gasteiger partial charge >= 0.3 is 0 Å². The third-order valence-corrected chi connectivity index (χ3v) is 9.23. The van der Waals surface area contributed by atoms with Crippen LogP contribution in [0.25, 0.3) is 11.0 Å². The van der Waals surface area contributed by atoms with Crippen LogP contribution in [0.5, 0.6) is 0 Å². The van der Waals surface area contributed by atoms with E-state index in [2.05, 4.69) is 86.5 Å². The molecule has 2 amide bonds. The first-order valence-corrected chi connectivity index (χ1v) is 15.2. The molecule has 4 rings (SSSR count). The molecule has 2 N–H and O–H groups in total. The number of nitrogens with zero attached hydrogens (tertiary/aromatic N) is 4. The summed E-state index contributed by atoms with van der Waals surface area (Å²) in [5, 5.41) is 7.68. The second kappa shape index (κ2) is 12.6. The predicted octanol–water partition coefficient (Wildman–Crippen LogP) is 6.52. The van der Waals surface area contributed by atoms with Crippen molar-refractivity contribution in [1.29, 1.82) is 0 Å². The minimum absolute atomic E-state index is 0.0301. The van der Waals surface area contributed by atoms with Crippen molar-refractivity contribution in [2.75, 3.05) is 18.4 Å². The van der Waals surface area contributed by atoms with Gasteiger partial charge in [0, 0.05) is 37.6 Å². The number of rotatable bonds is 8. The van der Waals surface area contributed by atoms with Crippen LogP contribution in [0.4, 0.5) is 5.95 Å². The fraction of sp³-hybridized carbons (Fsp3) is 0.548. The number of nitrogens with one attached hydrogen (secondary N) is 2. The average molecular weight is 565 g/mol. The van der Waals surface area contributed by atoms with E-state index < -0.39 is 0 Å². The van der Waals surface area contributed by atoms with Gasteiger partial charge in [-0.3, -0.25) is 14.9 Å². The third kappa shape index (κ3) is 6.99. The van der Waals surface area contributed by atoms with Crippen molar-refractivity contribution in [2.45, 2.75) is 91.8 Å². The molecular weight excluding hydrogens is 520 g/mol. The quantitative estimate of drug-likeness (QED) is 0.304. The fourth-order valence-electron chi connectivity index (χ4n) is 4.96. The zero-order valence-corrected chi connectivity index (χ0v) is 25.6. The van der Waals surface area contributed by atoms with Gasteiger partial charge in [0.05, 0.1) is 22.2 Å². The summed E-state index contributed by atoms with van der Waals surface area (Å²) < 4.78 is 2.18. The first-order chi connectivity index (χ1) is 19.0. The molecule has 40 heavy (non-hydrogen) atoms. The number of amides is 2. The van der Waals surface area contributed by atoms with Gasteiger partial charge in [-0.25, -0.2) is 9.97 Å². The van der Waals surface area contributed by atoms with Crippen LogP contribution in [0.2, 0.25) is 0 Å². The van der Waals surface area contributed by atoms with Gasteiger partial charge in [0.2, 0.25) is 11.9 Å². The van der Waals surface area contributed by atoms with E-state index in [1.165, 1.54) is 17.4 Å². The van der Waals surface area contributed by atoms with Crippen LogP contribution in [0.1, 0.15) is 99.4 Å². The highest BCUT2D eigenvalue weighted by atomic mass is 32.1. The minimum Gasteiger partial charge on any atom is -0.339 e. The van der Waals surface area contributed by atoms with Crippen LogP contribution in [0.3, 0.4) is 0 Å². The van der Waals surface area contributed by atoms with E-state index in [4.69, 9.17) is 4.98 Å². The number of carbonyl (C=O) groups is 2. The molecule has 2 aromatic heterocycles. The largest absolute Gasteiger partial charge is 0.339 e. The molecule has 0 bridgehead atoms. The zero-order valence-electron chi connectivity index (χ0n) is 24.8. The summed E-state index contributed by atoms with van der Waals surface area (Å²) >= 11 is 1.42. The first kappa shape index (κ1) is 29.9. The van der Waals surface area contributed by atoms with Gasteiger partial charge in [-0.15, -0.1) is 11.3 Å². The van der Waals surface area contributed by atoms with E-state index in [1.54, 1.807) is 6.20 Å². The maximum atomic E-state index is 13.3. The Morgan fingerprint density at radius 3 is 2.62 bits per heavy atom. The average Bonchev–Trinajstić information content (AvgIpc) is 3.52. The standard InChI is InChI=1S/C31H44N6O2S/c1-8-27(38)36-15-10-9-11-23(14-16-36)37-25-13-12-22(18-32-21(4)31(5,6)7)17-24(25)34-30(37)35-28(39)26-19-33-29(40-26)20(2)3/h8,12-13,17,19-21,23,32H,1,9-11,14-16,18H2,2-7H3,(H,34,35,39)/t21-,23+/m0/s1. The van der Waals surface area contributed by atoms with Crippen molar-refractivity contribution in [3.63, 3.8) is 0 Å². The van der Waals surface area contributed by atoms with E-state index in [0.717, 1.165) is 60.4 Å². The topological polar surface area (TPSA) is 92.2 Å². The van der Waals surface area contributed by atoms with E-state index >= 15 is 0 Å². The molecule has 0 saturated carbocycles. The number of likely N-dealkylation sites (tertiary alicyclic amines) is 1. The number of imidazole rings is 1. The van der Waals surface area contributed by atoms with E-state index in [9.17, 15) is 9.59 Å². The van der Waals surface area contributed by atoms with Crippen LogP contribution < -0.4 is 10.6 Å². The Morgan fingerprint density at radius 1 is 1.18 bits per heavy atom. The maximum Gasteiger partial charge on any atom is 0.269 e. The van der Waals surface area contributed by atoms with Crippen molar-refractivity contribution < 1.29 is 9.59 Å². The van der Waals surface area contributed by atoms with Crippen molar-refractivity contribution in [3.8, 4) is 0 Å². The molecule has 0 aliphatic carbocycles. The van der Waals surface area contributed by atoms with Crippen LogP contribution >= 0.6 is 11.3 Å². The Labute approximate surface area is 242 Å². The van der Waals surface area contributed by atoms with Gasteiger partial charge in [0.15, 0.2) is 0 Å². The van der Waals surface area contributed by atoms with Crippen molar-refractivity contribution in [1.82, 2.24) is 24.8 Å². The monoisotopic (exact) mass is 564 g/mol. The molecule has 1 saturated heterocycles. The smallest absolute Gasteiger partial charge is 0.269 e. The molecule has 0 unspecified atom stereocenters. The van der Waals surface area contributed by atoms with E-state index in [0.29, 0.717) is 23.4 Å². The Hall–Kier alpha value is -3.04. The summed E-state index contributed by atoms with van der Waals surface area (Å²) in [7, 11) is 0. The Kier molecular flexibility index (Phi) is 9.46. The lowest BCUT2D eigenvalue weighted by Crippen LogP contribution is -2.37. The van der Waals surface area contributed by atoms with Crippen molar-refractivity contribution in [2.24, 2.45) is 5.41 Å². The van der Waals surface area contributed by atoms with Crippen LogP contribution in [0, 0.1) is 5.41 Å². The summed E-state index contributed by atoms with van der Waals surface area (Å²) in [4.78, 5) is 37.5. The molecule has 1 fully saturated rings. The molecule has 1 aliphatic rings. The zero-order chi connectivity index (χ0) is 29.0. The first-order valence-electron chi connectivity index (χ1n) is 14.4. The molecule has 9 heteroatoms. The maximum absolute atomic E-state index is 13.3. The highest BCUT2D eigenvalue weighted by Crippen LogP contribution is 2.32. The SMILES string of the molecule is C=CC(=O)N1CCCC[C@@H](n2c(NC(=O)c3cnc(C(C)C)s3)nc3cc(CN[C@@H](C)C(C)(C)C)ccc32)CC1. The normalized spacial score (nSPS) is 17.5. The van der Waals surface area contributed by atoms with Gasteiger partial charge in [0.25, 0.3) is 5.91 Å². The molecule has 2 atom stereocenters. The number of thiazole rings is 1. The number of aromatic nitrogens is 3. The molecule has 3 aromatic rings. The number of hydrogen-bond acceptors (Lipinski definition) is 6. The summed E-state index contributed by atoms with van der Waals surface area (Å²) in [5.41, 5.74) is 3.15. The summed E-state index contributed by atoms with van der Waals surface area (Å²) in [6, 6.07) is 6.82. The Balaban J connectivity index is 1.67. The number of fused-ring (bicyclic) bond motifs is 1. The molecule has 0 radical (unpaired) electrons. The lowest BCUT2D eigenvalue weighted by molar-refractivity contribution is -0.126. The lowest BCUT2D eigenvalue weighted by atomic mass is 9.88. The third-order valence-electron chi connectivity index (χ3n) is 7.93. The lowest BCUT2D eigenvalue weighted by Gasteiger charge is -2.29. The molecule has 216 valence electrons. The minimum atomic E-state index is -0.198. The molecule has 1 aliphatic heterocycles. The number of benzene rings is 1. The van der Waals surface area contributed by atoms with Crippen LogP contribution in [0.15, 0.2) is 37.1 Å². The van der Waals surface area contributed by atoms with Crippen LogP contribution in [-0.2, 0) is 11.3 Å². The number of carbonyl (C=O) groups excluding carboxylic acids is 2. The predicted molar refractivity (Wildman–Crippen MR) is 164 cm³/mol. The van der Waals surface area contributed by atoms with E-state index in [-0.39, 0.29) is 29.2 Å². The fourth-order valence-corrected chi connectivity index (χ4v) is 5.78. The second-order valence-electron chi connectivity index (χ2n) is 12.2. The highest BCUT2D eigenvalue weighted by molar-refractivity contribution is 7.13. The van der Waals surface area contributed by atoms with Gasteiger partial charge < -0.3 is 14.8 Å². The summed E-state index contributed by atoms with van der Waals surface area (Å²) in [6.45, 7) is 18.9. The van der Waals surface area contributed by atoms with Gasteiger partial charge in [-0.2, -0.15) is 0 Å². The van der Waals surface area contributed by atoms with Gasteiger partial charge in [-0.05, 0) is 61.8 Å². The molecular formula is C31H44N6O2S. The summed E-state index contributed by atoms with van der Waals surface area (Å²) in [5.74, 6) is 0.578. The highest BCUT2D eigenvalue weighted by Gasteiger charge is 2.25. The van der Waals surface area contributed by atoms with Crippen LogP contribution in [-0.4, -0.2) is 50.4 Å². The second-order valence-corrected chi connectivity index (χ2v) is 13.3. The number of anilines is 1. The number of hydrogen-bond donors (Lipinski definition) is 2. The Bertz CT molecular complexity index is 1350. The molecule has 0 spiro atoms. The molecule has 8 nitrogen and oxygen atoms in total. The molecule has 1 aromatic carbocycles. The van der Waals surface area contributed by atoms with E-state index in [1.807, 2.05) is 4.90 Å². The van der Waals surface area contributed by atoms with Gasteiger partial charge in [-0.1, -0.05) is 47.3 Å².